The van der Waals surface area contributed by atoms with Crippen molar-refractivity contribution < 1.29 is 24.2 Å². The van der Waals surface area contributed by atoms with Crippen LogP contribution in [0, 0.1) is 5.41 Å². The summed E-state index contributed by atoms with van der Waals surface area (Å²) in [7, 11) is 1.61. The van der Waals surface area contributed by atoms with E-state index in [0.29, 0.717) is 39.1 Å². The number of benzene rings is 1. The van der Waals surface area contributed by atoms with Crippen LogP contribution in [0.4, 0.5) is 4.79 Å². The first kappa shape index (κ1) is 20.8. The molecule has 1 N–H and O–H groups in total. The number of likely N-dealkylation sites (tertiary alicyclic amines) is 1. The molecule has 8 heteroatoms. The molecule has 2 aliphatic heterocycles. The summed E-state index contributed by atoms with van der Waals surface area (Å²) in [5.41, 5.74) is -0.419. The summed E-state index contributed by atoms with van der Waals surface area (Å²) in [4.78, 5) is 44.0. The fourth-order valence-electron chi connectivity index (χ4n) is 4.81. The molecule has 0 unspecified atom stereocenters. The molecule has 2 heterocycles. The number of amides is 4. The Morgan fingerprint density at radius 3 is 2.33 bits per heavy atom. The Hall–Kier alpha value is -2.45. The molecular formula is C22H29N3O5. The lowest BCUT2D eigenvalue weighted by Gasteiger charge is -2.43. The van der Waals surface area contributed by atoms with Crippen LogP contribution in [0.25, 0.3) is 0 Å². The van der Waals surface area contributed by atoms with Gasteiger partial charge >= 0.3 is 6.03 Å². The van der Waals surface area contributed by atoms with E-state index in [1.54, 1.807) is 12.0 Å². The predicted molar refractivity (Wildman–Crippen MR) is 108 cm³/mol. The minimum atomic E-state index is -0.961. The van der Waals surface area contributed by atoms with Crippen molar-refractivity contribution in [2.24, 2.45) is 5.41 Å². The zero-order valence-electron chi connectivity index (χ0n) is 17.4. The van der Waals surface area contributed by atoms with Crippen molar-refractivity contribution in [3.63, 3.8) is 0 Å². The summed E-state index contributed by atoms with van der Waals surface area (Å²) in [5, 5.41) is 9.36. The average Bonchev–Trinajstić information content (AvgIpc) is 3.53. The number of piperidine rings is 1. The second-order valence-electron chi connectivity index (χ2n) is 8.57. The molecule has 1 saturated carbocycles. The first-order valence-electron chi connectivity index (χ1n) is 10.5. The van der Waals surface area contributed by atoms with Gasteiger partial charge in [-0.1, -0.05) is 30.3 Å². The largest absolute Gasteiger partial charge is 0.395 e. The molecule has 8 nitrogen and oxygen atoms in total. The van der Waals surface area contributed by atoms with Gasteiger partial charge in [-0.15, -0.1) is 0 Å². The molecule has 4 amide bonds. The number of carbonyl (C=O) groups is 3. The quantitative estimate of drug-likeness (QED) is 0.677. The maximum absolute atomic E-state index is 13.3. The second kappa shape index (κ2) is 8.00. The molecule has 0 aromatic heterocycles. The van der Waals surface area contributed by atoms with Gasteiger partial charge in [0.2, 0.25) is 5.91 Å². The number of β-amino-alcohol motifs (C(OH)–C–C–N with tert-alkyl or cyclic N) is 1. The maximum atomic E-state index is 13.3. The van der Waals surface area contributed by atoms with Gasteiger partial charge in [0.05, 0.1) is 25.2 Å². The molecule has 0 bridgehead atoms. The number of aliphatic hydroxyl groups is 1. The summed E-state index contributed by atoms with van der Waals surface area (Å²) in [6.07, 6.45) is 2.48. The highest BCUT2D eigenvalue weighted by atomic mass is 16.5. The predicted octanol–water partition coefficient (Wildman–Crippen LogP) is 1.23. The van der Waals surface area contributed by atoms with E-state index in [9.17, 15) is 19.5 Å². The minimum Gasteiger partial charge on any atom is -0.395 e. The van der Waals surface area contributed by atoms with Gasteiger partial charge in [0.1, 0.15) is 5.54 Å². The van der Waals surface area contributed by atoms with Gasteiger partial charge in [0.15, 0.2) is 0 Å². The minimum absolute atomic E-state index is 0.00962. The average molecular weight is 415 g/mol. The van der Waals surface area contributed by atoms with Crippen LogP contribution in [-0.2, 0) is 20.9 Å². The molecule has 0 radical (unpaired) electrons. The molecule has 1 aromatic carbocycles. The fourth-order valence-corrected chi connectivity index (χ4v) is 4.81. The van der Waals surface area contributed by atoms with Crippen molar-refractivity contribution in [2.45, 2.75) is 37.8 Å². The molecule has 30 heavy (non-hydrogen) atoms. The van der Waals surface area contributed by atoms with Crippen molar-refractivity contribution in [3.8, 4) is 0 Å². The summed E-state index contributed by atoms with van der Waals surface area (Å²) in [5.74, 6) is -0.166. The first-order valence-corrected chi connectivity index (χ1v) is 10.5. The van der Waals surface area contributed by atoms with Crippen LogP contribution in [0.5, 0.6) is 0 Å². The van der Waals surface area contributed by atoms with Crippen LogP contribution in [0.1, 0.15) is 31.2 Å². The van der Waals surface area contributed by atoms with Crippen LogP contribution in [0.15, 0.2) is 30.3 Å². The molecule has 3 aliphatic rings. The number of rotatable bonds is 7. The second-order valence-corrected chi connectivity index (χ2v) is 8.57. The van der Waals surface area contributed by atoms with Gasteiger partial charge in [0, 0.05) is 26.7 Å². The third-order valence-corrected chi connectivity index (χ3v) is 6.73. The molecule has 0 atom stereocenters. The Kier molecular flexibility index (Phi) is 5.55. The standard InChI is InChI=1S/C22H29N3O5/c1-30-16-21(7-8-21)18(27)23-11-9-22(10-12-23)19(28)24(13-14-26)20(29)25(22)15-17-5-3-2-4-6-17/h2-6,26H,7-16H2,1H3. The van der Waals surface area contributed by atoms with Crippen LogP contribution in [0.3, 0.4) is 0 Å². The Balaban J connectivity index is 1.54. The number of ether oxygens (including phenoxy) is 1. The van der Waals surface area contributed by atoms with Gasteiger partial charge in [-0.25, -0.2) is 4.79 Å². The van der Waals surface area contributed by atoms with Gasteiger partial charge in [-0.05, 0) is 31.2 Å². The SMILES string of the molecule is COCC1(C(=O)N2CCC3(CC2)C(=O)N(CCO)C(=O)N3Cc2ccccc2)CC1. The molecule has 1 aromatic rings. The number of methoxy groups -OCH3 is 1. The third-order valence-electron chi connectivity index (χ3n) is 6.73. The maximum Gasteiger partial charge on any atom is 0.328 e. The van der Waals surface area contributed by atoms with Crippen LogP contribution in [0.2, 0.25) is 0 Å². The highest BCUT2D eigenvalue weighted by Crippen LogP contribution is 2.48. The van der Waals surface area contributed by atoms with Gasteiger partial charge in [0.25, 0.3) is 5.91 Å². The number of aliphatic hydroxyl groups excluding tert-OH is 1. The molecule has 3 fully saturated rings. The molecule has 162 valence electrons. The molecular weight excluding hydrogens is 386 g/mol. The van der Waals surface area contributed by atoms with E-state index in [1.807, 2.05) is 35.2 Å². The lowest BCUT2D eigenvalue weighted by molar-refractivity contribution is -0.145. The van der Waals surface area contributed by atoms with Crippen molar-refractivity contribution in [1.82, 2.24) is 14.7 Å². The Morgan fingerprint density at radius 2 is 1.77 bits per heavy atom. The van der Waals surface area contributed by atoms with Crippen LogP contribution >= 0.6 is 0 Å². The van der Waals surface area contributed by atoms with Crippen molar-refractivity contribution in [3.05, 3.63) is 35.9 Å². The number of carbonyl (C=O) groups excluding carboxylic acids is 3. The Labute approximate surface area is 176 Å². The zero-order chi connectivity index (χ0) is 21.4. The van der Waals surface area contributed by atoms with E-state index in [1.165, 1.54) is 0 Å². The van der Waals surface area contributed by atoms with E-state index in [4.69, 9.17) is 4.74 Å². The van der Waals surface area contributed by atoms with Crippen molar-refractivity contribution in [2.75, 3.05) is 40.0 Å². The lowest BCUT2D eigenvalue weighted by Crippen LogP contribution is -2.58. The van der Waals surface area contributed by atoms with E-state index >= 15 is 0 Å². The van der Waals surface area contributed by atoms with Gasteiger partial charge in [-0.3, -0.25) is 14.5 Å². The molecule has 1 spiro atoms. The number of nitrogens with zero attached hydrogens (tertiary/aromatic N) is 3. The Bertz CT molecular complexity index is 815. The first-order chi connectivity index (χ1) is 14.5. The topological polar surface area (TPSA) is 90.4 Å². The summed E-state index contributed by atoms with van der Waals surface area (Å²) in [6, 6.07) is 9.22. The number of hydrogen-bond acceptors (Lipinski definition) is 5. The van der Waals surface area contributed by atoms with Crippen molar-refractivity contribution >= 4 is 17.8 Å². The number of imide groups is 1. The smallest absolute Gasteiger partial charge is 0.328 e. The number of urea groups is 1. The van der Waals surface area contributed by atoms with E-state index in [2.05, 4.69) is 0 Å². The summed E-state index contributed by atoms with van der Waals surface area (Å²) in [6.45, 7) is 1.34. The van der Waals surface area contributed by atoms with Crippen LogP contribution in [-0.4, -0.2) is 83.1 Å². The van der Waals surface area contributed by atoms with E-state index in [-0.39, 0.29) is 31.0 Å². The zero-order valence-corrected chi connectivity index (χ0v) is 17.4. The molecule has 1 aliphatic carbocycles. The third kappa shape index (κ3) is 3.37. The van der Waals surface area contributed by atoms with E-state index in [0.717, 1.165) is 23.3 Å². The van der Waals surface area contributed by atoms with E-state index < -0.39 is 11.0 Å². The van der Waals surface area contributed by atoms with Gasteiger partial charge in [-0.2, -0.15) is 0 Å². The van der Waals surface area contributed by atoms with Crippen molar-refractivity contribution in [1.29, 1.82) is 0 Å². The highest BCUT2D eigenvalue weighted by Gasteiger charge is 2.59. The Morgan fingerprint density at radius 1 is 1.10 bits per heavy atom. The fraction of sp³-hybridized carbons (Fsp3) is 0.591. The summed E-state index contributed by atoms with van der Waals surface area (Å²) < 4.78 is 5.25. The molecule has 4 rings (SSSR count). The summed E-state index contributed by atoms with van der Waals surface area (Å²) >= 11 is 0. The lowest BCUT2D eigenvalue weighted by atomic mass is 9.85. The van der Waals surface area contributed by atoms with Gasteiger partial charge < -0.3 is 19.6 Å². The van der Waals surface area contributed by atoms with Crippen LogP contribution < -0.4 is 0 Å². The monoisotopic (exact) mass is 415 g/mol. The molecule has 2 saturated heterocycles. The number of hydrogen-bond donors (Lipinski definition) is 1. The normalized spacial score (nSPS) is 22.1. The highest BCUT2D eigenvalue weighted by molar-refractivity contribution is 6.07.